The van der Waals surface area contributed by atoms with Gasteiger partial charge in [0.1, 0.15) is 0 Å². The lowest BCUT2D eigenvalue weighted by Crippen LogP contribution is -2.51. The molecule has 6 nitrogen and oxygen atoms in total. The van der Waals surface area contributed by atoms with Crippen molar-refractivity contribution >= 4 is 11.8 Å². The highest BCUT2D eigenvalue weighted by Gasteiger charge is 2.31. The van der Waals surface area contributed by atoms with E-state index in [1.807, 2.05) is 59.3 Å². The number of aromatic nitrogens is 2. The third kappa shape index (κ3) is 4.07. The van der Waals surface area contributed by atoms with Crippen LogP contribution in [-0.2, 0) is 16.1 Å². The highest BCUT2D eigenvalue weighted by Crippen LogP contribution is 2.25. The van der Waals surface area contributed by atoms with Gasteiger partial charge in [-0.1, -0.05) is 30.3 Å². The van der Waals surface area contributed by atoms with Crippen molar-refractivity contribution < 1.29 is 9.59 Å². The Morgan fingerprint density at radius 3 is 2.56 bits per heavy atom. The van der Waals surface area contributed by atoms with Crippen molar-refractivity contribution in [1.29, 1.82) is 0 Å². The molecule has 1 fully saturated rings. The summed E-state index contributed by atoms with van der Waals surface area (Å²) < 4.78 is 1.80. The van der Waals surface area contributed by atoms with Crippen LogP contribution in [0.25, 0.3) is 0 Å². The fraction of sp³-hybridized carbons (Fsp3) is 0.421. The summed E-state index contributed by atoms with van der Waals surface area (Å²) in [5.74, 6) is 0.158. The second kappa shape index (κ2) is 7.51. The Morgan fingerprint density at radius 2 is 1.92 bits per heavy atom. The number of amides is 2. The maximum Gasteiger partial charge on any atom is 0.224 e. The van der Waals surface area contributed by atoms with Crippen molar-refractivity contribution in [3.8, 4) is 0 Å². The van der Waals surface area contributed by atoms with Crippen LogP contribution in [0.5, 0.6) is 0 Å². The molecule has 1 atom stereocenters. The van der Waals surface area contributed by atoms with E-state index in [1.165, 1.54) is 0 Å². The maximum atomic E-state index is 12.6. The zero-order valence-electron chi connectivity index (χ0n) is 14.8. The van der Waals surface area contributed by atoms with E-state index in [1.54, 1.807) is 11.6 Å². The van der Waals surface area contributed by atoms with Gasteiger partial charge in [-0.3, -0.25) is 14.3 Å². The fourth-order valence-corrected chi connectivity index (χ4v) is 3.30. The predicted octanol–water partition coefficient (Wildman–Crippen LogP) is 2.01. The smallest absolute Gasteiger partial charge is 0.224 e. The van der Waals surface area contributed by atoms with Gasteiger partial charge in [0.05, 0.1) is 11.7 Å². The first-order chi connectivity index (χ1) is 12.0. The van der Waals surface area contributed by atoms with Crippen LogP contribution in [0.2, 0.25) is 0 Å². The minimum absolute atomic E-state index is 0.0490. The van der Waals surface area contributed by atoms with Gasteiger partial charge in [-0.15, -0.1) is 0 Å². The first-order valence-electron chi connectivity index (χ1n) is 8.64. The van der Waals surface area contributed by atoms with E-state index in [2.05, 4.69) is 5.10 Å². The molecule has 0 spiro atoms. The fourth-order valence-electron chi connectivity index (χ4n) is 3.30. The van der Waals surface area contributed by atoms with Crippen molar-refractivity contribution in [1.82, 2.24) is 19.6 Å². The summed E-state index contributed by atoms with van der Waals surface area (Å²) in [6.45, 7) is 5.80. The molecule has 0 aliphatic carbocycles. The minimum Gasteiger partial charge on any atom is -0.338 e. The average molecular weight is 340 g/mol. The predicted molar refractivity (Wildman–Crippen MR) is 94.7 cm³/mol. The molecule has 1 aliphatic rings. The van der Waals surface area contributed by atoms with Crippen LogP contribution >= 0.6 is 0 Å². The normalized spacial score (nSPS) is 17.6. The van der Waals surface area contributed by atoms with Crippen molar-refractivity contribution in [2.75, 3.05) is 19.6 Å². The van der Waals surface area contributed by atoms with Gasteiger partial charge in [0, 0.05) is 45.7 Å². The average Bonchev–Trinajstić information content (AvgIpc) is 3.05. The monoisotopic (exact) mass is 340 g/mol. The summed E-state index contributed by atoms with van der Waals surface area (Å²) in [7, 11) is 0. The molecule has 2 amide bonds. The van der Waals surface area contributed by atoms with E-state index >= 15 is 0 Å². The zero-order chi connectivity index (χ0) is 17.8. The number of hydrogen-bond acceptors (Lipinski definition) is 3. The lowest BCUT2D eigenvalue weighted by Gasteiger charge is -2.41. The largest absolute Gasteiger partial charge is 0.338 e. The van der Waals surface area contributed by atoms with Crippen LogP contribution in [0.3, 0.4) is 0 Å². The third-order valence-electron chi connectivity index (χ3n) is 4.65. The summed E-state index contributed by atoms with van der Waals surface area (Å²) in [5.41, 5.74) is 2.02. The Morgan fingerprint density at radius 1 is 1.16 bits per heavy atom. The molecule has 25 heavy (non-hydrogen) atoms. The topological polar surface area (TPSA) is 58.4 Å². The molecule has 1 aromatic heterocycles. The van der Waals surface area contributed by atoms with E-state index in [0.29, 0.717) is 32.6 Å². The first-order valence-corrected chi connectivity index (χ1v) is 8.64. The quantitative estimate of drug-likeness (QED) is 0.855. The molecule has 1 saturated heterocycles. The van der Waals surface area contributed by atoms with Gasteiger partial charge < -0.3 is 9.80 Å². The molecule has 2 heterocycles. The Bertz CT molecular complexity index is 741. The number of piperazine rings is 1. The summed E-state index contributed by atoms with van der Waals surface area (Å²) >= 11 is 0. The second-order valence-corrected chi connectivity index (χ2v) is 6.45. The molecule has 2 aromatic rings. The van der Waals surface area contributed by atoms with Crippen molar-refractivity contribution in [2.45, 2.75) is 32.9 Å². The van der Waals surface area contributed by atoms with Crippen LogP contribution in [0.15, 0.2) is 42.6 Å². The second-order valence-electron chi connectivity index (χ2n) is 6.45. The molecule has 6 heteroatoms. The van der Waals surface area contributed by atoms with E-state index in [9.17, 15) is 9.59 Å². The molecule has 0 radical (unpaired) electrons. The maximum absolute atomic E-state index is 12.6. The van der Waals surface area contributed by atoms with E-state index in [-0.39, 0.29) is 17.9 Å². The number of carbonyl (C=O) groups excluding carboxylic acids is 2. The number of carbonyl (C=O) groups is 2. The molecular formula is C19H24N4O2. The Kier molecular flexibility index (Phi) is 5.16. The zero-order valence-corrected chi connectivity index (χ0v) is 14.8. The molecule has 132 valence electrons. The molecule has 0 N–H and O–H groups in total. The first kappa shape index (κ1) is 17.2. The molecule has 0 unspecified atom stereocenters. The van der Waals surface area contributed by atoms with Crippen molar-refractivity contribution in [3.05, 3.63) is 53.9 Å². The van der Waals surface area contributed by atoms with Crippen molar-refractivity contribution in [2.24, 2.45) is 0 Å². The lowest BCUT2D eigenvalue weighted by atomic mass is 10.0. The van der Waals surface area contributed by atoms with Gasteiger partial charge in [-0.25, -0.2) is 0 Å². The Hall–Kier alpha value is -2.63. The lowest BCUT2D eigenvalue weighted by molar-refractivity contribution is -0.142. The molecule has 1 aromatic carbocycles. The summed E-state index contributed by atoms with van der Waals surface area (Å²) in [6, 6.07) is 11.8. The third-order valence-corrected chi connectivity index (χ3v) is 4.65. The number of benzene rings is 1. The number of hydrogen-bond donors (Lipinski definition) is 0. The van der Waals surface area contributed by atoms with Gasteiger partial charge in [0.2, 0.25) is 11.8 Å². The molecule has 0 bridgehead atoms. The number of rotatable bonds is 4. The minimum atomic E-state index is -0.0802. The van der Waals surface area contributed by atoms with Crippen LogP contribution in [0.4, 0.5) is 0 Å². The van der Waals surface area contributed by atoms with Crippen LogP contribution in [0, 0.1) is 6.92 Å². The summed E-state index contributed by atoms with van der Waals surface area (Å²) in [6.07, 6.45) is 2.31. The van der Waals surface area contributed by atoms with E-state index in [0.717, 1.165) is 11.3 Å². The summed E-state index contributed by atoms with van der Waals surface area (Å²) in [4.78, 5) is 28.3. The highest BCUT2D eigenvalue weighted by atomic mass is 16.2. The molecule has 0 saturated carbocycles. The van der Waals surface area contributed by atoms with E-state index < -0.39 is 0 Å². The van der Waals surface area contributed by atoms with Crippen LogP contribution in [0.1, 0.15) is 30.6 Å². The van der Waals surface area contributed by atoms with Gasteiger partial charge in [0.15, 0.2) is 0 Å². The Labute approximate surface area is 148 Å². The number of aryl methyl sites for hydroxylation is 2. The molecule has 3 rings (SSSR count). The SMILES string of the molecule is CC(=O)N1CCN(C(=O)CCn2ccc(C)n2)C[C@H]1c1ccccc1. The Balaban J connectivity index is 1.66. The van der Waals surface area contributed by atoms with Crippen molar-refractivity contribution in [3.63, 3.8) is 0 Å². The van der Waals surface area contributed by atoms with Gasteiger partial charge >= 0.3 is 0 Å². The van der Waals surface area contributed by atoms with Gasteiger partial charge in [-0.05, 0) is 18.6 Å². The molecular weight excluding hydrogens is 316 g/mol. The van der Waals surface area contributed by atoms with Crippen LogP contribution in [-0.4, -0.2) is 51.0 Å². The number of nitrogens with zero attached hydrogens (tertiary/aromatic N) is 4. The van der Waals surface area contributed by atoms with Gasteiger partial charge in [-0.2, -0.15) is 5.10 Å². The molecule has 1 aliphatic heterocycles. The highest BCUT2D eigenvalue weighted by molar-refractivity contribution is 5.78. The van der Waals surface area contributed by atoms with Crippen LogP contribution < -0.4 is 0 Å². The van der Waals surface area contributed by atoms with E-state index in [4.69, 9.17) is 0 Å². The summed E-state index contributed by atoms with van der Waals surface area (Å²) in [5, 5.41) is 4.32. The standard InChI is InChI=1S/C19H24N4O2/c1-15-8-10-22(20-15)11-9-19(25)21-12-13-23(16(2)24)18(14-21)17-6-4-3-5-7-17/h3-8,10,18H,9,11-14H2,1-2H3/t18-/m0/s1. The van der Waals surface area contributed by atoms with Gasteiger partial charge in [0.25, 0.3) is 0 Å².